The smallest absolute Gasteiger partial charge is 0.252 e. The standard InChI is InChI=1S/C16H17BrN2O/c1-10-8-13(12-4-2-3-5-15(12)19-10)16(20)18-9-14(17)11-6-7-11/h2-5,8,11,14H,6-7,9H2,1H3,(H,18,20). The molecule has 0 radical (unpaired) electrons. The first kappa shape index (κ1) is 13.6. The van der Waals surface area contributed by atoms with Crippen LogP contribution in [0.4, 0.5) is 0 Å². The van der Waals surface area contributed by atoms with Gasteiger partial charge in [-0.2, -0.15) is 0 Å². The Morgan fingerprint density at radius 1 is 1.45 bits per heavy atom. The highest BCUT2D eigenvalue weighted by atomic mass is 79.9. The second kappa shape index (κ2) is 5.52. The molecule has 0 spiro atoms. The van der Waals surface area contributed by atoms with Crippen LogP contribution in [0.2, 0.25) is 0 Å². The summed E-state index contributed by atoms with van der Waals surface area (Å²) >= 11 is 3.64. The molecule has 3 nitrogen and oxygen atoms in total. The number of aromatic nitrogens is 1. The first-order chi connectivity index (χ1) is 9.65. The quantitative estimate of drug-likeness (QED) is 0.871. The summed E-state index contributed by atoms with van der Waals surface area (Å²) in [5, 5.41) is 3.94. The highest BCUT2D eigenvalue weighted by Gasteiger charge is 2.29. The highest BCUT2D eigenvalue weighted by molar-refractivity contribution is 9.09. The number of amides is 1. The second-order valence-electron chi connectivity index (χ2n) is 5.39. The number of alkyl halides is 1. The molecule has 4 heteroatoms. The Bertz CT molecular complexity index is 652. The van der Waals surface area contributed by atoms with Crippen molar-refractivity contribution < 1.29 is 4.79 Å². The zero-order chi connectivity index (χ0) is 14.1. The number of fused-ring (bicyclic) bond motifs is 1. The van der Waals surface area contributed by atoms with E-state index in [2.05, 4.69) is 26.2 Å². The molecule has 0 bridgehead atoms. The van der Waals surface area contributed by atoms with Gasteiger partial charge in [0.1, 0.15) is 0 Å². The van der Waals surface area contributed by atoms with Crippen molar-refractivity contribution in [2.24, 2.45) is 5.92 Å². The third-order valence-corrected chi connectivity index (χ3v) is 4.75. The van der Waals surface area contributed by atoms with Gasteiger partial charge >= 0.3 is 0 Å². The van der Waals surface area contributed by atoms with E-state index < -0.39 is 0 Å². The van der Waals surface area contributed by atoms with Crippen LogP contribution in [-0.2, 0) is 0 Å². The van der Waals surface area contributed by atoms with Crippen LogP contribution in [0, 0.1) is 12.8 Å². The Hall–Kier alpha value is -1.42. The lowest BCUT2D eigenvalue weighted by molar-refractivity contribution is 0.0955. The first-order valence-electron chi connectivity index (χ1n) is 6.94. The van der Waals surface area contributed by atoms with Crippen LogP contribution in [0.15, 0.2) is 30.3 Å². The highest BCUT2D eigenvalue weighted by Crippen LogP contribution is 2.36. The van der Waals surface area contributed by atoms with Gasteiger partial charge in [-0.05, 0) is 37.8 Å². The summed E-state index contributed by atoms with van der Waals surface area (Å²) in [6.45, 7) is 2.60. The van der Waals surface area contributed by atoms with Crippen LogP contribution in [0.25, 0.3) is 10.9 Å². The second-order valence-corrected chi connectivity index (χ2v) is 6.57. The molecule has 104 valence electrons. The van der Waals surface area contributed by atoms with Gasteiger partial charge in [0.25, 0.3) is 5.91 Å². The number of carbonyl (C=O) groups excluding carboxylic acids is 1. The molecule has 0 aliphatic heterocycles. The molecule has 1 N–H and O–H groups in total. The molecule has 1 aliphatic carbocycles. The SMILES string of the molecule is Cc1cc(C(=O)NCC(Br)C2CC2)c2ccccc2n1. The molecule has 1 heterocycles. The number of hydrogen-bond donors (Lipinski definition) is 1. The van der Waals surface area contributed by atoms with Crippen LogP contribution in [0.1, 0.15) is 28.9 Å². The number of carbonyl (C=O) groups is 1. The van der Waals surface area contributed by atoms with E-state index in [1.807, 2.05) is 37.3 Å². The topological polar surface area (TPSA) is 42.0 Å². The Kier molecular flexibility index (Phi) is 3.74. The van der Waals surface area contributed by atoms with Gasteiger partial charge in [-0.15, -0.1) is 0 Å². The predicted molar refractivity (Wildman–Crippen MR) is 84.3 cm³/mol. The molecule has 1 amide bonds. The fourth-order valence-electron chi connectivity index (χ4n) is 2.41. The van der Waals surface area contributed by atoms with Gasteiger partial charge in [0, 0.05) is 22.5 Å². The minimum atomic E-state index is -0.0169. The van der Waals surface area contributed by atoms with Crippen molar-refractivity contribution in [3.63, 3.8) is 0 Å². The molecule has 3 rings (SSSR count). The molecule has 1 aromatic carbocycles. The van der Waals surface area contributed by atoms with Gasteiger partial charge in [-0.1, -0.05) is 34.1 Å². The van der Waals surface area contributed by atoms with E-state index in [1.165, 1.54) is 12.8 Å². The summed E-state index contributed by atoms with van der Waals surface area (Å²) in [5.41, 5.74) is 2.45. The zero-order valence-electron chi connectivity index (χ0n) is 11.4. The fourth-order valence-corrected chi connectivity index (χ4v) is 3.10. The molecule has 1 aliphatic rings. The summed E-state index contributed by atoms with van der Waals surface area (Å²) in [6.07, 6.45) is 2.53. The van der Waals surface area contributed by atoms with Crippen molar-refractivity contribution in [2.75, 3.05) is 6.54 Å². The van der Waals surface area contributed by atoms with E-state index in [4.69, 9.17) is 0 Å². The van der Waals surface area contributed by atoms with Gasteiger partial charge in [-0.25, -0.2) is 0 Å². The minimum absolute atomic E-state index is 0.0169. The first-order valence-corrected chi connectivity index (χ1v) is 7.85. The van der Waals surface area contributed by atoms with Gasteiger partial charge < -0.3 is 5.32 Å². The van der Waals surface area contributed by atoms with E-state index in [-0.39, 0.29) is 5.91 Å². The average molecular weight is 333 g/mol. The maximum atomic E-state index is 12.4. The molecule has 1 atom stereocenters. The molecular formula is C16H17BrN2O. The molecule has 1 saturated carbocycles. The lowest BCUT2D eigenvalue weighted by Crippen LogP contribution is -2.30. The van der Waals surface area contributed by atoms with E-state index in [0.717, 1.165) is 22.5 Å². The van der Waals surface area contributed by atoms with Crippen molar-refractivity contribution in [1.82, 2.24) is 10.3 Å². The van der Waals surface area contributed by atoms with Gasteiger partial charge in [0.05, 0.1) is 11.1 Å². The van der Waals surface area contributed by atoms with Gasteiger partial charge in [0.15, 0.2) is 0 Å². The third kappa shape index (κ3) is 2.85. The van der Waals surface area contributed by atoms with Crippen LogP contribution in [0.5, 0.6) is 0 Å². The van der Waals surface area contributed by atoms with E-state index in [9.17, 15) is 4.79 Å². The number of para-hydroxylation sites is 1. The van der Waals surface area contributed by atoms with E-state index >= 15 is 0 Å². The number of nitrogens with zero attached hydrogens (tertiary/aromatic N) is 1. The summed E-state index contributed by atoms with van der Waals surface area (Å²) in [6, 6.07) is 9.63. The number of rotatable bonds is 4. The molecular weight excluding hydrogens is 316 g/mol. The maximum Gasteiger partial charge on any atom is 0.252 e. The number of hydrogen-bond acceptors (Lipinski definition) is 2. The van der Waals surface area contributed by atoms with E-state index in [1.54, 1.807) is 0 Å². The average Bonchev–Trinajstić information content (AvgIpc) is 3.28. The van der Waals surface area contributed by atoms with Crippen molar-refractivity contribution in [3.8, 4) is 0 Å². The Morgan fingerprint density at radius 2 is 2.20 bits per heavy atom. The van der Waals surface area contributed by atoms with Crippen LogP contribution < -0.4 is 5.32 Å². The molecule has 2 aromatic rings. The Morgan fingerprint density at radius 3 is 2.95 bits per heavy atom. The predicted octanol–water partition coefficient (Wildman–Crippen LogP) is 3.45. The van der Waals surface area contributed by atoms with Crippen LogP contribution in [0.3, 0.4) is 0 Å². The summed E-state index contributed by atoms with van der Waals surface area (Å²) < 4.78 is 0. The van der Waals surface area contributed by atoms with Crippen molar-refractivity contribution in [1.29, 1.82) is 0 Å². The fraction of sp³-hybridized carbons (Fsp3) is 0.375. The minimum Gasteiger partial charge on any atom is -0.351 e. The monoisotopic (exact) mass is 332 g/mol. The number of nitrogens with one attached hydrogen (secondary N) is 1. The third-order valence-electron chi connectivity index (χ3n) is 3.68. The lowest BCUT2D eigenvalue weighted by Gasteiger charge is -2.12. The largest absolute Gasteiger partial charge is 0.351 e. The number of halogens is 1. The van der Waals surface area contributed by atoms with E-state index in [0.29, 0.717) is 16.9 Å². The number of benzene rings is 1. The van der Waals surface area contributed by atoms with Crippen molar-refractivity contribution >= 4 is 32.7 Å². The molecule has 1 unspecified atom stereocenters. The maximum absolute atomic E-state index is 12.4. The number of pyridine rings is 1. The summed E-state index contributed by atoms with van der Waals surface area (Å²) in [4.78, 5) is 17.3. The summed E-state index contributed by atoms with van der Waals surface area (Å²) in [7, 11) is 0. The summed E-state index contributed by atoms with van der Waals surface area (Å²) in [5.74, 6) is 0.711. The molecule has 1 fully saturated rings. The van der Waals surface area contributed by atoms with Gasteiger partial charge in [0.2, 0.25) is 0 Å². The molecule has 0 saturated heterocycles. The normalized spacial score (nSPS) is 16.1. The Balaban J connectivity index is 1.83. The van der Waals surface area contributed by atoms with Crippen LogP contribution in [-0.4, -0.2) is 22.3 Å². The van der Waals surface area contributed by atoms with Gasteiger partial charge in [-0.3, -0.25) is 9.78 Å². The Labute approximate surface area is 126 Å². The van der Waals surface area contributed by atoms with Crippen molar-refractivity contribution in [3.05, 3.63) is 41.6 Å². The zero-order valence-corrected chi connectivity index (χ0v) is 13.0. The molecule has 20 heavy (non-hydrogen) atoms. The van der Waals surface area contributed by atoms with Crippen molar-refractivity contribution in [2.45, 2.75) is 24.6 Å². The molecule has 1 aromatic heterocycles. The number of aryl methyl sites for hydroxylation is 1. The lowest BCUT2D eigenvalue weighted by atomic mass is 10.1. The van der Waals surface area contributed by atoms with Crippen LogP contribution >= 0.6 is 15.9 Å².